The lowest BCUT2D eigenvalue weighted by Crippen LogP contribution is -2.28. The van der Waals surface area contributed by atoms with Crippen molar-refractivity contribution in [1.82, 2.24) is 10.3 Å². The first-order valence-electron chi connectivity index (χ1n) is 9.60. The van der Waals surface area contributed by atoms with Gasteiger partial charge in [-0.05, 0) is 42.4 Å². The highest BCUT2D eigenvalue weighted by atomic mass is 31.0. The first-order valence-corrected chi connectivity index (χ1v) is 10.2. The second-order valence-corrected chi connectivity index (χ2v) is 7.65. The van der Waals surface area contributed by atoms with Gasteiger partial charge in [0.2, 0.25) is 0 Å². The molecular formula is C22H29N4P. The molecule has 0 saturated carbocycles. The Bertz CT molecular complexity index is 780. The smallest absolute Gasteiger partial charge is 0.100 e. The van der Waals surface area contributed by atoms with Crippen molar-refractivity contribution < 1.29 is 0 Å². The predicted octanol–water partition coefficient (Wildman–Crippen LogP) is 4.50. The average Bonchev–Trinajstić information content (AvgIpc) is 2.63. The number of hydrogen-bond donors (Lipinski definition) is 2. The topological polar surface area (TPSA) is 40.2 Å². The van der Waals surface area contributed by atoms with Crippen molar-refractivity contribution in [1.29, 1.82) is 0 Å². The molecule has 5 heteroatoms. The van der Waals surface area contributed by atoms with E-state index in [0.717, 1.165) is 35.3 Å². The van der Waals surface area contributed by atoms with E-state index in [1.54, 1.807) is 12.4 Å². The Labute approximate surface area is 165 Å². The zero-order chi connectivity index (χ0) is 19.1. The van der Waals surface area contributed by atoms with Crippen LogP contribution >= 0.6 is 9.24 Å². The zero-order valence-electron chi connectivity index (χ0n) is 15.9. The summed E-state index contributed by atoms with van der Waals surface area (Å²) in [5, 5.41) is 7.84. The number of anilines is 2. The largest absolute Gasteiger partial charge is 0.370 e. The molecule has 2 aromatic rings. The molecule has 1 atom stereocenters. The Morgan fingerprint density at radius 2 is 1.78 bits per heavy atom. The van der Waals surface area contributed by atoms with E-state index in [-0.39, 0.29) is 0 Å². The summed E-state index contributed by atoms with van der Waals surface area (Å²) in [5.74, 6) is 0.702. The summed E-state index contributed by atoms with van der Waals surface area (Å²) >= 11 is 0. The van der Waals surface area contributed by atoms with Gasteiger partial charge in [0.15, 0.2) is 0 Å². The number of pyridine rings is 1. The maximum atomic E-state index is 4.14. The fourth-order valence-corrected chi connectivity index (χ4v) is 3.67. The summed E-state index contributed by atoms with van der Waals surface area (Å²) in [6, 6.07) is 10.4. The molecule has 4 nitrogen and oxygen atoms in total. The highest BCUT2D eigenvalue weighted by Crippen LogP contribution is 2.28. The number of rotatable bonds is 6. The Hall–Kier alpha value is -2.32. The van der Waals surface area contributed by atoms with Gasteiger partial charge in [-0.15, -0.1) is 9.24 Å². The Kier molecular flexibility index (Phi) is 6.89. The quantitative estimate of drug-likeness (QED) is 0.724. The lowest BCUT2D eigenvalue weighted by atomic mass is 10.1. The summed E-state index contributed by atoms with van der Waals surface area (Å²) in [6.07, 6.45) is 10.0. The number of nitrogens with zero attached hydrogens (tertiary/aromatic N) is 2. The fourth-order valence-electron chi connectivity index (χ4n) is 3.41. The van der Waals surface area contributed by atoms with E-state index in [9.17, 15) is 0 Å². The Morgan fingerprint density at radius 3 is 2.48 bits per heavy atom. The molecule has 1 unspecified atom stereocenters. The van der Waals surface area contributed by atoms with Gasteiger partial charge < -0.3 is 15.5 Å². The first-order chi connectivity index (χ1) is 13.1. The number of benzene rings is 1. The molecule has 1 aliphatic rings. The van der Waals surface area contributed by atoms with Crippen molar-refractivity contribution in [2.45, 2.75) is 32.1 Å². The van der Waals surface area contributed by atoms with Crippen molar-refractivity contribution in [3.8, 4) is 0 Å². The SMILES string of the molecule is C=C(NC(=C)c1cccnc1)Nc1cc(P)ccc1N1CCCCCCC1. The normalized spacial score (nSPS) is 14.8. The standard InChI is InChI=1S/C22H29N4P/c1-17(19-9-8-12-23-16-19)24-18(2)25-21-15-20(27)10-11-22(21)26-13-6-4-3-5-7-14-26/h8-12,15-16,24-25H,1-7,13-14,27H2. The molecule has 142 valence electrons. The molecular weight excluding hydrogens is 351 g/mol. The van der Waals surface area contributed by atoms with Gasteiger partial charge in [-0.1, -0.05) is 38.5 Å². The second kappa shape index (κ2) is 9.57. The molecule has 1 fully saturated rings. The maximum Gasteiger partial charge on any atom is 0.100 e. The summed E-state index contributed by atoms with van der Waals surface area (Å²) < 4.78 is 0. The molecule has 1 aromatic carbocycles. The van der Waals surface area contributed by atoms with E-state index in [1.165, 1.54) is 37.8 Å². The van der Waals surface area contributed by atoms with Gasteiger partial charge in [0.1, 0.15) is 5.82 Å². The van der Waals surface area contributed by atoms with Gasteiger partial charge in [-0.25, -0.2) is 0 Å². The molecule has 0 radical (unpaired) electrons. The molecule has 1 saturated heterocycles. The van der Waals surface area contributed by atoms with Crippen molar-refractivity contribution in [3.05, 3.63) is 67.3 Å². The third-order valence-electron chi connectivity index (χ3n) is 4.81. The van der Waals surface area contributed by atoms with Crippen LogP contribution < -0.4 is 20.8 Å². The summed E-state index contributed by atoms with van der Waals surface area (Å²) in [4.78, 5) is 6.63. The molecule has 0 spiro atoms. The van der Waals surface area contributed by atoms with Gasteiger partial charge >= 0.3 is 0 Å². The van der Waals surface area contributed by atoms with Crippen molar-refractivity contribution in [2.75, 3.05) is 23.3 Å². The second-order valence-electron chi connectivity index (χ2n) is 6.98. The van der Waals surface area contributed by atoms with Crippen LogP contribution in [0.2, 0.25) is 0 Å². The zero-order valence-corrected chi connectivity index (χ0v) is 17.0. The van der Waals surface area contributed by atoms with Crippen LogP contribution in [0.5, 0.6) is 0 Å². The van der Waals surface area contributed by atoms with Gasteiger partial charge in [-0.3, -0.25) is 4.98 Å². The van der Waals surface area contributed by atoms with E-state index in [2.05, 4.69) is 61.1 Å². The van der Waals surface area contributed by atoms with Gasteiger partial charge in [-0.2, -0.15) is 0 Å². The third kappa shape index (κ3) is 5.58. The van der Waals surface area contributed by atoms with E-state index < -0.39 is 0 Å². The minimum atomic E-state index is 0.702. The third-order valence-corrected chi connectivity index (χ3v) is 5.17. The van der Waals surface area contributed by atoms with Gasteiger partial charge in [0.25, 0.3) is 0 Å². The van der Waals surface area contributed by atoms with Crippen molar-refractivity contribution in [3.63, 3.8) is 0 Å². The van der Waals surface area contributed by atoms with Crippen LogP contribution in [0.4, 0.5) is 11.4 Å². The van der Waals surface area contributed by atoms with Gasteiger partial charge in [0.05, 0.1) is 11.4 Å². The number of nitrogens with one attached hydrogen (secondary N) is 2. The molecule has 3 rings (SSSR count). The first kappa shape index (κ1) is 19.4. The molecule has 0 bridgehead atoms. The summed E-state index contributed by atoms with van der Waals surface area (Å²) in [7, 11) is 2.77. The maximum absolute atomic E-state index is 4.14. The van der Waals surface area contributed by atoms with Crippen LogP contribution in [0.1, 0.15) is 37.7 Å². The van der Waals surface area contributed by atoms with Crippen molar-refractivity contribution in [2.24, 2.45) is 0 Å². The van der Waals surface area contributed by atoms with Crippen LogP contribution in [0.3, 0.4) is 0 Å². The van der Waals surface area contributed by atoms with E-state index in [0.29, 0.717) is 5.82 Å². The Morgan fingerprint density at radius 1 is 1.04 bits per heavy atom. The minimum Gasteiger partial charge on any atom is -0.370 e. The number of aromatic nitrogens is 1. The van der Waals surface area contributed by atoms with Crippen LogP contribution in [-0.2, 0) is 0 Å². The summed E-state index contributed by atoms with van der Waals surface area (Å²) in [6.45, 7) is 10.4. The fraction of sp³-hybridized carbons (Fsp3) is 0.318. The monoisotopic (exact) mass is 380 g/mol. The van der Waals surface area contributed by atoms with E-state index in [4.69, 9.17) is 0 Å². The predicted molar refractivity (Wildman–Crippen MR) is 120 cm³/mol. The summed E-state index contributed by atoms with van der Waals surface area (Å²) in [5.41, 5.74) is 4.03. The molecule has 2 heterocycles. The highest BCUT2D eigenvalue weighted by Gasteiger charge is 2.14. The molecule has 1 aromatic heterocycles. The van der Waals surface area contributed by atoms with Crippen LogP contribution in [-0.4, -0.2) is 18.1 Å². The molecule has 27 heavy (non-hydrogen) atoms. The Balaban J connectivity index is 1.72. The molecule has 0 amide bonds. The van der Waals surface area contributed by atoms with E-state index >= 15 is 0 Å². The molecule has 2 N–H and O–H groups in total. The molecule has 1 aliphatic heterocycles. The molecule has 0 aliphatic carbocycles. The number of hydrogen-bond acceptors (Lipinski definition) is 4. The van der Waals surface area contributed by atoms with Crippen molar-refractivity contribution >= 4 is 31.6 Å². The van der Waals surface area contributed by atoms with E-state index in [1.807, 2.05) is 12.1 Å². The van der Waals surface area contributed by atoms with Gasteiger partial charge in [0, 0.05) is 36.7 Å². The highest BCUT2D eigenvalue weighted by molar-refractivity contribution is 7.27. The van der Waals surface area contributed by atoms with Crippen LogP contribution in [0.25, 0.3) is 5.70 Å². The lowest BCUT2D eigenvalue weighted by molar-refractivity contribution is 0.557. The minimum absolute atomic E-state index is 0.702. The van der Waals surface area contributed by atoms with Crippen LogP contribution in [0, 0.1) is 0 Å². The lowest BCUT2D eigenvalue weighted by Gasteiger charge is -2.29. The van der Waals surface area contributed by atoms with Crippen LogP contribution in [0.15, 0.2) is 61.7 Å². The average molecular weight is 380 g/mol.